The topological polar surface area (TPSA) is 99.0 Å². The number of oxime groups is 1. The zero-order valence-corrected chi connectivity index (χ0v) is 9.62. The number of nitrogens with one attached hydrogen (secondary N) is 1. The zero-order chi connectivity index (χ0) is 13.5. The number of carboxylic acids is 1. The summed E-state index contributed by atoms with van der Waals surface area (Å²) in [5.74, 6) is -1.71. The number of carbonyl (C=O) groups excluding carboxylic acids is 1. The van der Waals surface area contributed by atoms with Crippen molar-refractivity contribution in [3.63, 3.8) is 0 Å². The number of aliphatic carboxylic acids is 1. The Morgan fingerprint density at radius 3 is 2.33 bits per heavy atom. The van der Waals surface area contributed by atoms with Gasteiger partial charge in [-0.25, -0.2) is 4.79 Å². The minimum atomic E-state index is -1.18. The van der Waals surface area contributed by atoms with Crippen LogP contribution in [-0.4, -0.2) is 27.9 Å². The van der Waals surface area contributed by atoms with Crippen LogP contribution in [0.25, 0.3) is 0 Å². The van der Waals surface area contributed by atoms with Crippen LogP contribution in [0.15, 0.2) is 41.6 Å². The first-order valence-corrected chi connectivity index (χ1v) is 5.04. The van der Waals surface area contributed by atoms with E-state index in [9.17, 15) is 9.59 Å². The molecule has 0 saturated carbocycles. The highest BCUT2D eigenvalue weighted by Gasteiger charge is 2.01. The van der Waals surface area contributed by atoms with E-state index in [2.05, 4.69) is 10.5 Å². The molecular weight excluding hydrogens is 236 g/mol. The fourth-order valence-electron chi connectivity index (χ4n) is 1.18. The third-order valence-electron chi connectivity index (χ3n) is 2.10. The largest absolute Gasteiger partial charge is 0.478 e. The Morgan fingerprint density at radius 2 is 1.83 bits per heavy atom. The second-order valence-corrected chi connectivity index (χ2v) is 3.42. The van der Waals surface area contributed by atoms with E-state index in [1.807, 2.05) is 0 Å². The van der Waals surface area contributed by atoms with Crippen molar-refractivity contribution < 1.29 is 19.9 Å². The van der Waals surface area contributed by atoms with Gasteiger partial charge in [0.05, 0.1) is 5.71 Å². The molecule has 3 N–H and O–H groups in total. The SMILES string of the molecule is C/C(=N\O)c1ccc(NC(=O)/C=C/C(=O)O)cc1. The summed E-state index contributed by atoms with van der Waals surface area (Å²) in [7, 11) is 0. The molecule has 0 aromatic heterocycles. The first-order valence-electron chi connectivity index (χ1n) is 5.04. The number of hydrogen-bond donors (Lipinski definition) is 3. The van der Waals surface area contributed by atoms with Gasteiger partial charge in [-0.15, -0.1) is 0 Å². The maximum Gasteiger partial charge on any atom is 0.328 e. The summed E-state index contributed by atoms with van der Waals surface area (Å²) < 4.78 is 0. The lowest BCUT2D eigenvalue weighted by Gasteiger charge is -2.03. The summed E-state index contributed by atoms with van der Waals surface area (Å²) in [5.41, 5.74) is 1.69. The molecule has 0 aliphatic heterocycles. The van der Waals surface area contributed by atoms with Gasteiger partial charge in [0.25, 0.3) is 0 Å². The minimum absolute atomic E-state index is 0.457. The van der Waals surface area contributed by atoms with E-state index >= 15 is 0 Å². The molecule has 0 unspecified atom stereocenters. The van der Waals surface area contributed by atoms with Crippen molar-refractivity contribution in [3.8, 4) is 0 Å². The molecule has 1 amide bonds. The fourth-order valence-corrected chi connectivity index (χ4v) is 1.18. The highest BCUT2D eigenvalue weighted by Crippen LogP contribution is 2.10. The second kappa shape index (κ2) is 6.19. The molecule has 94 valence electrons. The third-order valence-corrected chi connectivity index (χ3v) is 2.10. The van der Waals surface area contributed by atoms with Crippen molar-refractivity contribution in [2.75, 3.05) is 5.32 Å². The predicted molar refractivity (Wildman–Crippen MR) is 65.8 cm³/mol. The molecule has 1 rings (SSSR count). The maximum absolute atomic E-state index is 11.3. The van der Waals surface area contributed by atoms with Crippen LogP contribution in [0.4, 0.5) is 5.69 Å². The lowest BCUT2D eigenvalue weighted by atomic mass is 10.1. The fraction of sp³-hybridized carbons (Fsp3) is 0.0833. The number of rotatable bonds is 4. The highest BCUT2D eigenvalue weighted by molar-refractivity contribution is 6.03. The molecule has 0 radical (unpaired) electrons. The molecule has 0 aliphatic rings. The summed E-state index contributed by atoms with van der Waals surface area (Å²) in [6, 6.07) is 6.59. The molecule has 0 aliphatic carbocycles. The Morgan fingerprint density at radius 1 is 1.22 bits per heavy atom. The number of anilines is 1. The molecule has 0 atom stereocenters. The van der Waals surface area contributed by atoms with E-state index in [0.29, 0.717) is 11.4 Å². The molecule has 1 aromatic rings. The first kappa shape index (κ1) is 13.4. The van der Waals surface area contributed by atoms with Crippen molar-refractivity contribution in [1.29, 1.82) is 0 Å². The Hall–Kier alpha value is -2.63. The lowest BCUT2D eigenvalue weighted by Crippen LogP contribution is -2.08. The van der Waals surface area contributed by atoms with Crippen LogP contribution in [0.3, 0.4) is 0 Å². The summed E-state index contributed by atoms with van der Waals surface area (Å²) in [5, 5.41) is 22.5. The summed E-state index contributed by atoms with van der Waals surface area (Å²) in [6.45, 7) is 1.64. The molecule has 0 spiro atoms. The third kappa shape index (κ3) is 4.09. The summed E-state index contributed by atoms with van der Waals surface area (Å²) in [6.07, 6.45) is 1.68. The van der Waals surface area contributed by atoms with Crippen LogP contribution in [-0.2, 0) is 9.59 Å². The zero-order valence-electron chi connectivity index (χ0n) is 9.62. The Balaban J connectivity index is 2.70. The van der Waals surface area contributed by atoms with Gasteiger partial charge in [-0.1, -0.05) is 17.3 Å². The van der Waals surface area contributed by atoms with Crippen molar-refractivity contribution in [3.05, 3.63) is 42.0 Å². The molecule has 0 fully saturated rings. The second-order valence-electron chi connectivity index (χ2n) is 3.42. The van der Waals surface area contributed by atoms with Gasteiger partial charge in [0.2, 0.25) is 5.91 Å². The number of amides is 1. The molecule has 18 heavy (non-hydrogen) atoms. The minimum Gasteiger partial charge on any atom is -0.478 e. The standard InChI is InChI=1S/C12H12N2O4/c1-8(14-18)9-2-4-10(5-3-9)13-11(15)6-7-12(16)17/h2-7,18H,1H3,(H,13,15)(H,16,17)/b7-6+,14-8+. The normalized spacial score (nSPS) is 11.5. The Labute approximate surface area is 103 Å². The van der Waals surface area contributed by atoms with Crippen LogP contribution >= 0.6 is 0 Å². The van der Waals surface area contributed by atoms with Crippen molar-refractivity contribution in [2.24, 2.45) is 5.16 Å². The van der Waals surface area contributed by atoms with Crippen LogP contribution < -0.4 is 5.32 Å². The molecule has 0 saturated heterocycles. The van der Waals surface area contributed by atoms with Crippen molar-refractivity contribution in [1.82, 2.24) is 0 Å². The van der Waals surface area contributed by atoms with Gasteiger partial charge in [0.1, 0.15) is 0 Å². The van der Waals surface area contributed by atoms with E-state index in [1.165, 1.54) is 0 Å². The Bertz CT molecular complexity index is 503. The monoisotopic (exact) mass is 248 g/mol. The summed E-state index contributed by atoms with van der Waals surface area (Å²) >= 11 is 0. The van der Waals surface area contributed by atoms with Crippen molar-refractivity contribution in [2.45, 2.75) is 6.92 Å². The van der Waals surface area contributed by atoms with E-state index < -0.39 is 11.9 Å². The summed E-state index contributed by atoms with van der Waals surface area (Å²) in [4.78, 5) is 21.5. The molecule has 6 heteroatoms. The predicted octanol–water partition coefficient (Wildman–Crippen LogP) is 1.46. The van der Waals surface area contributed by atoms with Gasteiger partial charge in [0.15, 0.2) is 0 Å². The van der Waals surface area contributed by atoms with Gasteiger partial charge >= 0.3 is 5.97 Å². The van der Waals surface area contributed by atoms with Crippen LogP contribution in [0.1, 0.15) is 12.5 Å². The van der Waals surface area contributed by atoms with Crippen LogP contribution in [0, 0.1) is 0 Å². The van der Waals surface area contributed by atoms with Crippen LogP contribution in [0.2, 0.25) is 0 Å². The van der Waals surface area contributed by atoms with E-state index in [0.717, 1.165) is 17.7 Å². The van der Waals surface area contributed by atoms with Crippen LogP contribution in [0.5, 0.6) is 0 Å². The molecule has 6 nitrogen and oxygen atoms in total. The Kier molecular flexibility index (Phi) is 4.62. The number of carbonyl (C=O) groups is 2. The van der Waals surface area contributed by atoms with Gasteiger partial charge in [-0.2, -0.15) is 0 Å². The highest BCUT2D eigenvalue weighted by atomic mass is 16.4. The number of hydrogen-bond acceptors (Lipinski definition) is 4. The molecule has 0 heterocycles. The van der Waals surface area contributed by atoms with Crippen molar-refractivity contribution >= 4 is 23.3 Å². The van der Waals surface area contributed by atoms with Gasteiger partial charge < -0.3 is 15.6 Å². The number of carboxylic acid groups (broad SMARTS) is 1. The van der Waals surface area contributed by atoms with Gasteiger partial charge in [0, 0.05) is 17.8 Å². The van der Waals surface area contributed by atoms with Gasteiger partial charge in [-0.3, -0.25) is 4.79 Å². The van der Waals surface area contributed by atoms with E-state index in [4.69, 9.17) is 10.3 Å². The smallest absolute Gasteiger partial charge is 0.328 e. The average molecular weight is 248 g/mol. The molecule has 0 bridgehead atoms. The van der Waals surface area contributed by atoms with Gasteiger partial charge in [-0.05, 0) is 24.6 Å². The lowest BCUT2D eigenvalue weighted by molar-refractivity contribution is -0.131. The number of benzene rings is 1. The van der Waals surface area contributed by atoms with E-state index in [-0.39, 0.29) is 0 Å². The first-order chi connectivity index (χ1) is 8.52. The molecule has 1 aromatic carbocycles. The number of nitrogens with zero attached hydrogens (tertiary/aromatic N) is 1. The quantitative estimate of drug-likeness (QED) is 0.325. The molecular formula is C12H12N2O4. The average Bonchev–Trinajstić information content (AvgIpc) is 2.36. The maximum atomic E-state index is 11.3. The van der Waals surface area contributed by atoms with E-state index in [1.54, 1.807) is 31.2 Å².